The Morgan fingerprint density at radius 3 is 2.82 bits per heavy atom. The molecule has 0 saturated heterocycles. The van der Waals surface area contributed by atoms with Crippen LogP contribution in [0.25, 0.3) is 6.08 Å². The van der Waals surface area contributed by atoms with Gasteiger partial charge in [-0.25, -0.2) is 0 Å². The molecule has 0 radical (unpaired) electrons. The van der Waals surface area contributed by atoms with E-state index in [1.54, 1.807) is 6.20 Å². The Labute approximate surface area is 71.7 Å². The third kappa shape index (κ3) is 1.81. The van der Waals surface area contributed by atoms with E-state index in [4.69, 9.17) is 11.6 Å². The molecule has 1 heterocycles. The van der Waals surface area contributed by atoms with Crippen LogP contribution in [-0.2, 0) is 0 Å². The third-order valence-electron chi connectivity index (χ3n) is 1.74. The highest BCUT2D eigenvalue weighted by atomic mass is 35.5. The molecule has 0 aliphatic rings. The minimum atomic E-state index is 1.05. The zero-order valence-corrected chi connectivity index (χ0v) is 7.39. The normalized spacial score (nSPS) is 10.8. The predicted molar refractivity (Wildman–Crippen MR) is 48.6 cm³/mol. The highest BCUT2D eigenvalue weighted by Crippen LogP contribution is 2.11. The summed E-state index contributed by atoms with van der Waals surface area (Å²) in [6.45, 7) is 4.02. The summed E-state index contributed by atoms with van der Waals surface area (Å²) in [7, 11) is 0. The minimum Gasteiger partial charge on any atom is -0.261 e. The van der Waals surface area contributed by atoms with Crippen molar-refractivity contribution in [1.82, 2.24) is 4.98 Å². The summed E-state index contributed by atoms with van der Waals surface area (Å²) in [4.78, 5) is 4.14. The predicted octanol–water partition coefficient (Wildman–Crippen LogP) is 2.91. The Hall–Kier alpha value is -0.820. The van der Waals surface area contributed by atoms with Crippen molar-refractivity contribution in [2.75, 3.05) is 0 Å². The summed E-state index contributed by atoms with van der Waals surface area (Å²) < 4.78 is 0. The van der Waals surface area contributed by atoms with Gasteiger partial charge in [0, 0.05) is 17.4 Å². The molecule has 0 bridgehead atoms. The summed E-state index contributed by atoms with van der Waals surface area (Å²) in [6.07, 6.45) is 3.65. The zero-order chi connectivity index (χ0) is 8.27. The molecular weight excluding hydrogens is 158 g/mol. The first-order valence-electron chi connectivity index (χ1n) is 3.44. The molecule has 0 N–H and O–H groups in total. The smallest absolute Gasteiger partial charge is 0.0407 e. The molecule has 0 saturated carbocycles. The lowest BCUT2D eigenvalue weighted by Gasteiger charge is -2.01. The molecule has 0 aliphatic carbocycles. The van der Waals surface area contributed by atoms with Gasteiger partial charge in [0.15, 0.2) is 0 Å². The molecule has 0 spiro atoms. The van der Waals surface area contributed by atoms with Crippen LogP contribution in [0.15, 0.2) is 17.8 Å². The number of hydrogen-bond acceptors (Lipinski definition) is 1. The Morgan fingerprint density at radius 2 is 2.18 bits per heavy atom. The molecule has 0 amide bonds. The van der Waals surface area contributed by atoms with Crippen LogP contribution in [0, 0.1) is 13.8 Å². The van der Waals surface area contributed by atoms with Crippen molar-refractivity contribution in [3.8, 4) is 0 Å². The van der Waals surface area contributed by atoms with Crippen molar-refractivity contribution < 1.29 is 0 Å². The molecule has 11 heavy (non-hydrogen) atoms. The maximum absolute atomic E-state index is 5.46. The molecule has 1 aromatic rings. The minimum absolute atomic E-state index is 1.05. The van der Waals surface area contributed by atoms with E-state index in [0.29, 0.717) is 0 Å². The lowest BCUT2D eigenvalue weighted by atomic mass is 10.1. The molecule has 1 aromatic heterocycles. The van der Waals surface area contributed by atoms with Crippen molar-refractivity contribution in [2.45, 2.75) is 13.8 Å². The van der Waals surface area contributed by atoms with E-state index < -0.39 is 0 Å². The van der Waals surface area contributed by atoms with E-state index in [2.05, 4.69) is 4.98 Å². The van der Waals surface area contributed by atoms with Crippen LogP contribution >= 0.6 is 11.6 Å². The van der Waals surface area contributed by atoms with E-state index >= 15 is 0 Å². The summed E-state index contributed by atoms with van der Waals surface area (Å²) in [5.74, 6) is 0. The summed E-state index contributed by atoms with van der Waals surface area (Å²) >= 11 is 5.46. The monoisotopic (exact) mass is 167 g/mol. The van der Waals surface area contributed by atoms with Gasteiger partial charge < -0.3 is 0 Å². The second-order valence-corrected chi connectivity index (χ2v) is 2.66. The Morgan fingerprint density at radius 1 is 1.45 bits per heavy atom. The van der Waals surface area contributed by atoms with Gasteiger partial charge in [0.05, 0.1) is 0 Å². The molecule has 1 rings (SSSR count). The number of hydrogen-bond donors (Lipinski definition) is 0. The second kappa shape index (κ2) is 3.54. The largest absolute Gasteiger partial charge is 0.261 e. The van der Waals surface area contributed by atoms with Gasteiger partial charge in [-0.2, -0.15) is 0 Å². The molecule has 0 unspecified atom stereocenters. The second-order valence-electron chi connectivity index (χ2n) is 2.40. The van der Waals surface area contributed by atoms with Crippen LogP contribution in [-0.4, -0.2) is 4.98 Å². The molecule has 0 aromatic carbocycles. The molecular formula is C9H10ClN. The third-order valence-corrected chi connectivity index (χ3v) is 1.87. The van der Waals surface area contributed by atoms with Gasteiger partial charge in [0.2, 0.25) is 0 Å². The molecule has 58 valence electrons. The van der Waals surface area contributed by atoms with Crippen molar-refractivity contribution in [1.29, 1.82) is 0 Å². The van der Waals surface area contributed by atoms with Crippen LogP contribution < -0.4 is 0 Å². The van der Waals surface area contributed by atoms with Crippen LogP contribution in [0.4, 0.5) is 0 Å². The van der Waals surface area contributed by atoms with Crippen LogP contribution in [0.2, 0.25) is 0 Å². The zero-order valence-electron chi connectivity index (χ0n) is 6.63. The van der Waals surface area contributed by atoms with E-state index in [1.807, 2.05) is 26.0 Å². The first-order chi connectivity index (χ1) is 5.25. The molecule has 0 atom stereocenters. The molecule has 0 fully saturated rings. The summed E-state index contributed by atoms with van der Waals surface area (Å²) in [5.41, 5.74) is 4.89. The Balaban J connectivity index is 3.16. The van der Waals surface area contributed by atoms with E-state index in [0.717, 1.165) is 11.3 Å². The number of pyridine rings is 1. The first-order valence-corrected chi connectivity index (χ1v) is 3.88. The summed E-state index contributed by atoms with van der Waals surface area (Å²) in [5, 5.41) is 0. The SMILES string of the molecule is Cc1nccc(/C=C/Cl)c1C. The summed E-state index contributed by atoms with van der Waals surface area (Å²) in [6, 6.07) is 1.95. The van der Waals surface area contributed by atoms with Gasteiger partial charge in [-0.05, 0) is 37.1 Å². The molecule has 0 aliphatic heterocycles. The van der Waals surface area contributed by atoms with Gasteiger partial charge in [0.25, 0.3) is 0 Å². The highest BCUT2D eigenvalue weighted by molar-refractivity contribution is 6.27. The molecule has 2 heteroatoms. The van der Waals surface area contributed by atoms with Gasteiger partial charge >= 0.3 is 0 Å². The van der Waals surface area contributed by atoms with Gasteiger partial charge in [0.1, 0.15) is 0 Å². The fourth-order valence-electron chi connectivity index (χ4n) is 0.909. The fraction of sp³-hybridized carbons (Fsp3) is 0.222. The van der Waals surface area contributed by atoms with Crippen molar-refractivity contribution in [3.63, 3.8) is 0 Å². The Bertz CT molecular complexity index is 279. The fourth-order valence-corrected chi connectivity index (χ4v) is 1.04. The van der Waals surface area contributed by atoms with E-state index in [9.17, 15) is 0 Å². The van der Waals surface area contributed by atoms with Crippen LogP contribution in [0.5, 0.6) is 0 Å². The van der Waals surface area contributed by atoms with Gasteiger partial charge in [-0.3, -0.25) is 4.98 Å². The number of aromatic nitrogens is 1. The number of rotatable bonds is 1. The van der Waals surface area contributed by atoms with Crippen molar-refractivity contribution in [3.05, 3.63) is 34.6 Å². The maximum atomic E-state index is 5.46. The van der Waals surface area contributed by atoms with Gasteiger partial charge in [-0.1, -0.05) is 11.6 Å². The number of aryl methyl sites for hydroxylation is 1. The number of halogens is 1. The van der Waals surface area contributed by atoms with E-state index in [-0.39, 0.29) is 0 Å². The average molecular weight is 168 g/mol. The van der Waals surface area contributed by atoms with E-state index in [1.165, 1.54) is 11.1 Å². The van der Waals surface area contributed by atoms with Crippen molar-refractivity contribution >= 4 is 17.7 Å². The van der Waals surface area contributed by atoms with Crippen LogP contribution in [0.1, 0.15) is 16.8 Å². The first kappa shape index (κ1) is 8.28. The average Bonchev–Trinajstić information content (AvgIpc) is 1.99. The Kier molecular flexibility index (Phi) is 2.66. The van der Waals surface area contributed by atoms with Crippen molar-refractivity contribution in [2.24, 2.45) is 0 Å². The lowest BCUT2D eigenvalue weighted by molar-refractivity contribution is 1.14. The van der Waals surface area contributed by atoms with Crippen LogP contribution in [0.3, 0.4) is 0 Å². The molecule has 1 nitrogen and oxygen atoms in total. The standard InChI is InChI=1S/C9H10ClN/c1-7-8(2)11-6-4-9(7)3-5-10/h3-6H,1-2H3/b5-3+. The number of nitrogens with zero attached hydrogens (tertiary/aromatic N) is 1. The lowest BCUT2D eigenvalue weighted by Crippen LogP contribution is -1.88. The quantitative estimate of drug-likeness (QED) is 0.627. The highest BCUT2D eigenvalue weighted by Gasteiger charge is 1.96. The maximum Gasteiger partial charge on any atom is 0.0407 e. The topological polar surface area (TPSA) is 12.9 Å². The van der Waals surface area contributed by atoms with Gasteiger partial charge in [-0.15, -0.1) is 0 Å².